The molecule has 4 N–H and O–H groups in total. The SMILES string of the molecule is COCC(CO)Nc1cccc(S(C)(=O)=O)c1N. The van der Waals surface area contributed by atoms with Gasteiger partial charge in [-0.2, -0.15) is 0 Å². The molecular weight excluding hydrogens is 256 g/mol. The third-order valence-corrected chi connectivity index (χ3v) is 3.57. The number of aliphatic hydroxyl groups is 1. The quantitative estimate of drug-likeness (QED) is 0.636. The maximum absolute atomic E-state index is 11.5. The van der Waals surface area contributed by atoms with Crippen LogP contribution in [0.25, 0.3) is 0 Å². The third-order valence-electron chi connectivity index (χ3n) is 2.41. The highest BCUT2D eigenvalue weighted by atomic mass is 32.2. The molecule has 0 heterocycles. The largest absolute Gasteiger partial charge is 0.396 e. The fraction of sp³-hybridized carbons (Fsp3) is 0.455. The number of anilines is 2. The standard InChI is InChI=1S/C11H18N2O4S/c1-17-7-8(6-14)13-9-4-3-5-10(11(9)12)18(2,15)16/h3-5,8,13-14H,6-7,12H2,1-2H3. The van der Waals surface area contributed by atoms with Crippen LogP contribution in [0.5, 0.6) is 0 Å². The van der Waals surface area contributed by atoms with Crippen LogP contribution in [0, 0.1) is 0 Å². The molecule has 1 aromatic rings. The Kier molecular flexibility index (Phi) is 4.94. The molecule has 7 heteroatoms. The van der Waals surface area contributed by atoms with Crippen molar-refractivity contribution < 1.29 is 18.3 Å². The number of methoxy groups -OCH3 is 1. The lowest BCUT2D eigenvalue weighted by atomic mass is 10.2. The van der Waals surface area contributed by atoms with E-state index in [1.54, 1.807) is 12.1 Å². The zero-order valence-electron chi connectivity index (χ0n) is 10.4. The van der Waals surface area contributed by atoms with Crippen LogP contribution in [0.15, 0.2) is 23.1 Å². The monoisotopic (exact) mass is 274 g/mol. The van der Waals surface area contributed by atoms with Gasteiger partial charge in [0.2, 0.25) is 0 Å². The Morgan fingerprint density at radius 2 is 2.17 bits per heavy atom. The molecule has 0 fully saturated rings. The highest BCUT2D eigenvalue weighted by Crippen LogP contribution is 2.26. The number of sulfone groups is 1. The first-order valence-corrected chi connectivity index (χ1v) is 7.24. The Hall–Kier alpha value is -1.31. The molecule has 18 heavy (non-hydrogen) atoms. The summed E-state index contributed by atoms with van der Waals surface area (Å²) in [4.78, 5) is 0.0709. The summed E-state index contributed by atoms with van der Waals surface area (Å²) in [5.41, 5.74) is 6.42. The van der Waals surface area contributed by atoms with Gasteiger partial charge < -0.3 is 20.9 Å². The number of nitrogens with one attached hydrogen (secondary N) is 1. The van der Waals surface area contributed by atoms with Gasteiger partial charge in [-0.3, -0.25) is 0 Å². The van der Waals surface area contributed by atoms with Gasteiger partial charge in [-0.05, 0) is 12.1 Å². The molecule has 0 amide bonds. The molecule has 0 radical (unpaired) electrons. The second-order valence-electron chi connectivity index (χ2n) is 3.97. The maximum Gasteiger partial charge on any atom is 0.177 e. The summed E-state index contributed by atoms with van der Waals surface area (Å²) in [5.74, 6) is 0. The third kappa shape index (κ3) is 3.59. The number of nitrogens with two attached hydrogens (primary N) is 1. The molecule has 0 aliphatic rings. The molecule has 0 aliphatic heterocycles. The van der Waals surface area contributed by atoms with Crippen LogP contribution in [0.2, 0.25) is 0 Å². The molecule has 1 unspecified atom stereocenters. The molecule has 0 aliphatic carbocycles. The van der Waals surface area contributed by atoms with Crippen molar-refractivity contribution in [3.8, 4) is 0 Å². The normalized spacial score (nSPS) is 13.3. The first kappa shape index (κ1) is 14.7. The van der Waals surface area contributed by atoms with E-state index in [-0.39, 0.29) is 23.2 Å². The van der Waals surface area contributed by atoms with E-state index in [1.165, 1.54) is 13.2 Å². The molecule has 1 atom stereocenters. The predicted octanol–water partition coefficient (Wildman–Crippen LogP) is 0.0915. The molecule has 0 aromatic heterocycles. The summed E-state index contributed by atoms with van der Waals surface area (Å²) in [5, 5.41) is 12.1. The summed E-state index contributed by atoms with van der Waals surface area (Å²) >= 11 is 0. The molecule has 0 spiro atoms. The molecule has 0 bridgehead atoms. The highest BCUT2D eigenvalue weighted by molar-refractivity contribution is 7.90. The minimum absolute atomic E-state index is 0.0709. The molecule has 1 aromatic carbocycles. The average Bonchev–Trinajstić information content (AvgIpc) is 2.29. The van der Waals surface area contributed by atoms with E-state index in [4.69, 9.17) is 15.6 Å². The average molecular weight is 274 g/mol. The lowest BCUT2D eigenvalue weighted by molar-refractivity contribution is 0.153. The number of hydrogen-bond donors (Lipinski definition) is 3. The number of hydrogen-bond acceptors (Lipinski definition) is 6. The molecule has 6 nitrogen and oxygen atoms in total. The number of rotatable bonds is 6. The molecule has 0 saturated carbocycles. The van der Waals surface area contributed by atoms with Gasteiger partial charge >= 0.3 is 0 Å². The van der Waals surface area contributed by atoms with Gasteiger partial charge in [-0.15, -0.1) is 0 Å². The summed E-state index contributed by atoms with van der Waals surface area (Å²) in [6.45, 7) is 0.148. The number of para-hydroxylation sites is 1. The van der Waals surface area contributed by atoms with E-state index >= 15 is 0 Å². The van der Waals surface area contributed by atoms with Gasteiger partial charge in [-0.25, -0.2) is 8.42 Å². The van der Waals surface area contributed by atoms with E-state index in [0.717, 1.165) is 6.26 Å². The fourth-order valence-corrected chi connectivity index (χ4v) is 2.39. The van der Waals surface area contributed by atoms with E-state index in [0.29, 0.717) is 12.3 Å². The van der Waals surface area contributed by atoms with Crippen molar-refractivity contribution in [3.05, 3.63) is 18.2 Å². The Morgan fingerprint density at radius 1 is 1.50 bits per heavy atom. The Morgan fingerprint density at radius 3 is 2.67 bits per heavy atom. The molecule has 1 rings (SSSR count). The van der Waals surface area contributed by atoms with E-state index in [1.807, 2.05) is 0 Å². The van der Waals surface area contributed by atoms with Crippen molar-refractivity contribution in [2.24, 2.45) is 0 Å². The molecule has 102 valence electrons. The van der Waals surface area contributed by atoms with Crippen molar-refractivity contribution in [2.45, 2.75) is 10.9 Å². The van der Waals surface area contributed by atoms with Gasteiger partial charge in [0.1, 0.15) is 0 Å². The second-order valence-corrected chi connectivity index (χ2v) is 5.95. The number of benzene rings is 1. The number of nitrogen functional groups attached to an aromatic ring is 1. The van der Waals surface area contributed by atoms with E-state index < -0.39 is 9.84 Å². The molecular formula is C11H18N2O4S. The number of aliphatic hydroxyl groups excluding tert-OH is 1. The maximum atomic E-state index is 11.5. The topological polar surface area (TPSA) is 102 Å². The van der Waals surface area contributed by atoms with Gasteiger partial charge in [0.25, 0.3) is 0 Å². The summed E-state index contributed by atoms with van der Waals surface area (Å²) in [6, 6.07) is 4.35. The minimum atomic E-state index is -3.37. The number of ether oxygens (including phenoxy) is 1. The molecule has 0 saturated heterocycles. The first-order valence-electron chi connectivity index (χ1n) is 5.35. The first-order chi connectivity index (χ1) is 8.40. The Bertz CT molecular complexity index is 502. The van der Waals surface area contributed by atoms with Gasteiger partial charge in [0, 0.05) is 13.4 Å². The summed E-state index contributed by atoms with van der Waals surface area (Å²) in [6.07, 6.45) is 1.10. The second kappa shape index (κ2) is 6.03. The van der Waals surface area contributed by atoms with Crippen LogP contribution < -0.4 is 11.1 Å². The Balaban J connectivity index is 3.04. The van der Waals surface area contributed by atoms with Crippen LogP contribution in [0.4, 0.5) is 11.4 Å². The lowest BCUT2D eigenvalue weighted by Gasteiger charge is -2.19. The van der Waals surface area contributed by atoms with Crippen LogP contribution in [0.3, 0.4) is 0 Å². The lowest BCUT2D eigenvalue weighted by Crippen LogP contribution is -2.29. The highest BCUT2D eigenvalue weighted by Gasteiger charge is 2.16. The summed E-state index contributed by atoms with van der Waals surface area (Å²) in [7, 11) is -1.86. The van der Waals surface area contributed by atoms with Crippen LogP contribution in [0.1, 0.15) is 0 Å². The van der Waals surface area contributed by atoms with Crippen molar-refractivity contribution >= 4 is 21.2 Å². The van der Waals surface area contributed by atoms with Crippen molar-refractivity contribution in [1.29, 1.82) is 0 Å². The smallest absolute Gasteiger partial charge is 0.177 e. The van der Waals surface area contributed by atoms with Crippen LogP contribution in [-0.2, 0) is 14.6 Å². The minimum Gasteiger partial charge on any atom is -0.396 e. The van der Waals surface area contributed by atoms with Crippen molar-refractivity contribution in [1.82, 2.24) is 0 Å². The van der Waals surface area contributed by atoms with Crippen LogP contribution in [-0.4, -0.2) is 46.1 Å². The zero-order valence-corrected chi connectivity index (χ0v) is 11.2. The van der Waals surface area contributed by atoms with Gasteiger partial charge in [0.15, 0.2) is 9.84 Å². The zero-order chi connectivity index (χ0) is 13.8. The van der Waals surface area contributed by atoms with Gasteiger partial charge in [-0.1, -0.05) is 6.07 Å². The fourth-order valence-electron chi connectivity index (χ4n) is 1.55. The predicted molar refractivity (Wildman–Crippen MR) is 70.3 cm³/mol. The van der Waals surface area contributed by atoms with Crippen LogP contribution >= 0.6 is 0 Å². The van der Waals surface area contributed by atoms with E-state index in [2.05, 4.69) is 5.32 Å². The summed E-state index contributed by atoms with van der Waals surface area (Å²) < 4.78 is 27.9. The Labute approximate surface area is 107 Å². The van der Waals surface area contributed by atoms with Crippen molar-refractivity contribution in [3.63, 3.8) is 0 Å². The van der Waals surface area contributed by atoms with Crippen molar-refractivity contribution in [2.75, 3.05) is 37.6 Å². The van der Waals surface area contributed by atoms with Gasteiger partial charge in [0.05, 0.1) is 35.5 Å². The van der Waals surface area contributed by atoms with E-state index in [9.17, 15) is 8.42 Å².